The summed E-state index contributed by atoms with van der Waals surface area (Å²) in [6, 6.07) is 7.22. The van der Waals surface area contributed by atoms with E-state index in [-0.39, 0.29) is 0 Å². The Morgan fingerprint density at radius 3 is 2.40 bits per heavy atom. The van der Waals surface area contributed by atoms with Crippen LogP contribution in [0, 0.1) is 13.8 Å². The minimum atomic E-state index is -3.53. The average Bonchev–Trinajstić information content (AvgIpc) is 2.88. The zero-order chi connectivity index (χ0) is 14.8. The molecule has 5 nitrogen and oxygen atoms in total. The third kappa shape index (κ3) is 3.18. The molecule has 0 aliphatic carbocycles. The lowest BCUT2D eigenvalue weighted by Crippen LogP contribution is -2.24. The van der Waals surface area contributed by atoms with Crippen molar-refractivity contribution in [2.75, 3.05) is 5.43 Å². The van der Waals surface area contributed by atoms with Gasteiger partial charge in [-0.15, -0.1) is 11.3 Å². The van der Waals surface area contributed by atoms with Gasteiger partial charge in [0.15, 0.2) is 0 Å². The highest BCUT2D eigenvalue weighted by Crippen LogP contribution is 2.24. The summed E-state index contributed by atoms with van der Waals surface area (Å²) < 4.78 is 27.4. The highest BCUT2D eigenvalue weighted by molar-refractivity contribution is 7.89. The lowest BCUT2D eigenvalue weighted by atomic mass is 10.1. The molecule has 4 N–H and O–H groups in total. The van der Waals surface area contributed by atoms with E-state index in [0.717, 1.165) is 4.88 Å². The van der Waals surface area contributed by atoms with E-state index in [1.54, 1.807) is 26.0 Å². The number of nitrogens with one attached hydrogen (secondary N) is 2. The minimum Gasteiger partial charge on any atom is -0.324 e. The lowest BCUT2D eigenvalue weighted by molar-refractivity contribution is 0.580. The van der Waals surface area contributed by atoms with Crippen LogP contribution in [-0.2, 0) is 16.6 Å². The van der Waals surface area contributed by atoms with Crippen LogP contribution in [0.5, 0.6) is 0 Å². The Morgan fingerprint density at radius 2 is 1.90 bits per heavy atom. The third-order valence-corrected chi connectivity index (χ3v) is 5.49. The number of aryl methyl sites for hydroxylation is 2. The average molecular weight is 311 g/mol. The Bertz CT molecular complexity index is 671. The number of hydrazine groups is 1. The first-order chi connectivity index (χ1) is 9.44. The van der Waals surface area contributed by atoms with E-state index in [4.69, 9.17) is 5.84 Å². The zero-order valence-electron chi connectivity index (χ0n) is 11.3. The van der Waals surface area contributed by atoms with E-state index in [2.05, 4.69) is 10.1 Å². The van der Waals surface area contributed by atoms with Gasteiger partial charge < -0.3 is 5.43 Å². The molecular formula is C13H17N3O2S2. The van der Waals surface area contributed by atoms with Gasteiger partial charge in [-0.05, 0) is 48.6 Å². The Morgan fingerprint density at radius 1 is 1.25 bits per heavy atom. The highest BCUT2D eigenvalue weighted by Gasteiger charge is 2.20. The molecule has 0 saturated carbocycles. The van der Waals surface area contributed by atoms with Gasteiger partial charge in [0, 0.05) is 17.1 Å². The maximum absolute atomic E-state index is 12.4. The maximum atomic E-state index is 12.4. The van der Waals surface area contributed by atoms with Gasteiger partial charge >= 0.3 is 0 Å². The minimum absolute atomic E-state index is 0.301. The van der Waals surface area contributed by atoms with Gasteiger partial charge in [-0.1, -0.05) is 6.07 Å². The first kappa shape index (κ1) is 15.0. The van der Waals surface area contributed by atoms with Gasteiger partial charge in [0.2, 0.25) is 10.0 Å². The van der Waals surface area contributed by atoms with Crippen molar-refractivity contribution in [3.05, 3.63) is 45.6 Å². The molecule has 2 aromatic rings. The number of rotatable bonds is 5. The van der Waals surface area contributed by atoms with Gasteiger partial charge in [-0.3, -0.25) is 5.84 Å². The summed E-state index contributed by atoms with van der Waals surface area (Å²) in [5, 5.41) is 1.92. The summed E-state index contributed by atoms with van der Waals surface area (Å²) in [5.41, 5.74) is 4.55. The van der Waals surface area contributed by atoms with Gasteiger partial charge in [0.1, 0.15) is 0 Å². The number of benzene rings is 1. The maximum Gasteiger partial charge on any atom is 0.241 e. The van der Waals surface area contributed by atoms with Crippen molar-refractivity contribution in [2.24, 2.45) is 5.84 Å². The fraction of sp³-hybridized carbons (Fsp3) is 0.231. The smallest absolute Gasteiger partial charge is 0.241 e. The molecule has 20 heavy (non-hydrogen) atoms. The quantitative estimate of drug-likeness (QED) is 0.583. The molecule has 0 unspecified atom stereocenters. The standard InChI is InChI=1S/C13H17N3O2S2/c1-9-6-11(16-14)7-10(2)13(9)20(17,18)15-8-12-4-3-5-19-12/h3-7,15-16H,8,14H2,1-2H3. The largest absolute Gasteiger partial charge is 0.324 e. The van der Waals surface area contributed by atoms with E-state index >= 15 is 0 Å². The highest BCUT2D eigenvalue weighted by atomic mass is 32.2. The molecule has 0 aliphatic heterocycles. The Labute approximate surface area is 122 Å². The van der Waals surface area contributed by atoms with Gasteiger partial charge in [0.05, 0.1) is 4.90 Å². The topological polar surface area (TPSA) is 84.2 Å². The van der Waals surface area contributed by atoms with Crippen molar-refractivity contribution in [3.63, 3.8) is 0 Å². The molecule has 1 aromatic heterocycles. The Balaban J connectivity index is 2.29. The second-order valence-corrected chi connectivity index (χ2v) is 7.22. The third-order valence-electron chi connectivity index (χ3n) is 2.91. The zero-order valence-corrected chi connectivity index (χ0v) is 12.9. The van der Waals surface area contributed by atoms with Crippen LogP contribution in [-0.4, -0.2) is 8.42 Å². The fourth-order valence-electron chi connectivity index (χ4n) is 2.11. The van der Waals surface area contributed by atoms with Crippen molar-refractivity contribution >= 4 is 27.0 Å². The monoisotopic (exact) mass is 311 g/mol. The summed E-state index contributed by atoms with van der Waals surface area (Å²) in [5.74, 6) is 5.36. The van der Waals surface area contributed by atoms with Gasteiger partial charge in [-0.25, -0.2) is 13.1 Å². The number of nitrogen functional groups attached to an aromatic ring is 1. The van der Waals surface area contributed by atoms with Crippen LogP contribution < -0.4 is 16.0 Å². The van der Waals surface area contributed by atoms with Crippen molar-refractivity contribution < 1.29 is 8.42 Å². The SMILES string of the molecule is Cc1cc(NN)cc(C)c1S(=O)(=O)NCc1cccs1. The van der Waals surface area contributed by atoms with Crippen molar-refractivity contribution in [1.82, 2.24) is 4.72 Å². The van der Waals surface area contributed by atoms with Crippen LogP contribution in [0.15, 0.2) is 34.5 Å². The lowest BCUT2D eigenvalue weighted by Gasteiger charge is -2.13. The Kier molecular flexibility index (Phi) is 4.44. The molecule has 0 amide bonds. The predicted molar refractivity (Wildman–Crippen MR) is 82.1 cm³/mol. The molecule has 1 aromatic carbocycles. The first-order valence-corrected chi connectivity index (χ1v) is 8.40. The van der Waals surface area contributed by atoms with E-state index in [1.165, 1.54) is 11.3 Å². The Hall–Kier alpha value is -1.41. The summed E-state index contributed by atoms with van der Waals surface area (Å²) in [4.78, 5) is 1.29. The second kappa shape index (κ2) is 5.92. The summed E-state index contributed by atoms with van der Waals surface area (Å²) in [7, 11) is -3.53. The number of nitrogens with two attached hydrogens (primary N) is 1. The van der Waals surface area contributed by atoms with Crippen LogP contribution in [0.2, 0.25) is 0 Å². The molecule has 1 heterocycles. The van der Waals surface area contributed by atoms with Crippen molar-refractivity contribution in [3.8, 4) is 0 Å². The van der Waals surface area contributed by atoms with Crippen molar-refractivity contribution in [1.29, 1.82) is 0 Å². The van der Waals surface area contributed by atoms with Gasteiger partial charge in [-0.2, -0.15) is 0 Å². The van der Waals surface area contributed by atoms with Crippen LogP contribution in [0.1, 0.15) is 16.0 Å². The molecule has 0 radical (unpaired) electrons. The molecule has 2 rings (SSSR count). The molecule has 0 atom stereocenters. The predicted octanol–water partition coefficient (Wildman–Crippen LogP) is 2.13. The van der Waals surface area contributed by atoms with Crippen LogP contribution in [0.4, 0.5) is 5.69 Å². The van der Waals surface area contributed by atoms with Gasteiger partial charge in [0.25, 0.3) is 0 Å². The summed E-state index contributed by atoms with van der Waals surface area (Å²) >= 11 is 1.52. The molecule has 0 saturated heterocycles. The number of anilines is 1. The molecule has 0 spiro atoms. The second-order valence-electron chi connectivity index (χ2n) is 4.49. The molecular weight excluding hydrogens is 294 g/mol. The normalized spacial score (nSPS) is 11.6. The van der Waals surface area contributed by atoms with E-state index in [1.807, 2.05) is 17.5 Å². The summed E-state index contributed by atoms with van der Waals surface area (Å²) in [6.07, 6.45) is 0. The molecule has 0 aliphatic rings. The number of hydrogen-bond donors (Lipinski definition) is 3. The fourth-order valence-corrected chi connectivity index (χ4v) is 4.30. The first-order valence-electron chi connectivity index (χ1n) is 6.04. The van der Waals surface area contributed by atoms with E-state index in [0.29, 0.717) is 28.3 Å². The summed E-state index contributed by atoms with van der Waals surface area (Å²) in [6.45, 7) is 3.82. The molecule has 0 bridgehead atoms. The number of sulfonamides is 1. The molecule has 7 heteroatoms. The van der Waals surface area contributed by atoms with Crippen LogP contribution >= 0.6 is 11.3 Å². The number of hydrogen-bond acceptors (Lipinski definition) is 5. The van der Waals surface area contributed by atoms with Crippen LogP contribution in [0.3, 0.4) is 0 Å². The van der Waals surface area contributed by atoms with Crippen molar-refractivity contribution in [2.45, 2.75) is 25.3 Å². The van der Waals surface area contributed by atoms with E-state index < -0.39 is 10.0 Å². The van der Waals surface area contributed by atoms with E-state index in [9.17, 15) is 8.42 Å². The van der Waals surface area contributed by atoms with Crippen LogP contribution in [0.25, 0.3) is 0 Å². The number of thiophene rings is 1. The molecule has 108 valence electrons. The molecule has 0 fully saturated rings.